The minimum absolute atomic E-state index is 0.00337. The van der Waals surface area contributed by atoms with Gasteiger partial charge in [0.15, 0.2) is 5.69 Å². The van der Waals surface area contributed by atoms with Gasteiger partial charge in [0.1, 0.15) is 0 Å². The van der Waals surface area contributed by atoms with E-state index in [4.69, 9.17) is 4.74 Å². The second kappa shape index (κ2) is 5.52. The van der Waals surface area contributed by atoms with E-state index >= 15 is 0 Å². The van der Waals surface area contributed by atoms with Crippen LogP contribution in [-0.4, -0.2) is 47.8 Å². The van der Waals surface area contributed by atoms with Gasteiger partial charge in [0.2, 0.25) is 10.0 Å². The lowest BCUT2D eigenvalue weighted by Gasteiger charge is -2.37. The Morgan fingerprint density at radius 3 is 2.79 bits per heavy atom. The number of sulfonamides is 1. The van der Waals surface area contributed by atoms with E-state index in [1.165, 1.54) is 6.20 Å². The SMILES string of the molecule is CC1(Cn2cc(C(=O)NS(=O)(=O)C3C[C@@H]4CC[C@H]3C4)nn2)COC1. The Bertz CT molecular complexity index is 755. The average Bonchev–Trinajstić information content (AvgIpc) is 3.21. The molecule has 2 bridgehead atoms. The Balaban J connectivity index is 1.41. The van der Waals surface area contributed by atoms with E-state index in [2.05, 4.69) is 22.0 Å². The topological polar surface area (TPSA) is 103 Å². The molecule has 2 saturated carbocycles. The van der Waals surface area contributed by atoms with Gasteiger partial charge in [-0.2, -0.15) is 0 Å². The van der Waals surface area contributed by atoms with Crippen LogP contribution in [-0.2, 0) is 21.3 Å². The number of nitrogens with zero attached hydrogens (tertiary/aromatic N) is 3. The highest BCUT2D eigenvalue weighted by Gasteiger charge is 2.46. The van der Waals surface area contributed by atoms with Crippen molar-refractivity contribution in [1.29, 1.82) is 0 Å². The maximum Gasteiger partial charge on any atom is 0.286 e. The smallest absolute Gasteiger partial charge is 0.286 e. The molecule has 1 amide bonds. The van der Waals surface area contributed by atoms with E-state index in [0.717, 1.165) is 19.3 Å². The van der Waals surface area contributed by atoms with Crippen LogP contribution in [0.1, 0.15) is 43.1 Å². The molecule has 0 radical (unpaired) electrons. The maximum atomic E-state index is 12.5. The molecular formula is C15H22N4O4S. The summed E-state index contributed by atoms with van der Waals surface area (Å²) in [6.45, 7) is 3.95. The second-order valence-electron chi connectivity index (χ2n) is 7.79. The molecule has 132 valence electrons. The number of amides is 1. The van der Waals surface area contributed by atoms with Gasteiger partial charge >= 0.3 is 0 Å². The number of ether oxygens (including phenoxy) is 1. The first-order valence-electron chi connectivity index (χ1n) is 8.38. The molecule has 4 rings (SSSR count). The summed E-state index contributed by atoms with van der Waals surface area (Å²) in [6, 6.07) is 0. The minimum Gasteiger partial charge on any atom is -0.380 e. The summed E-state index contributed by atoms with van der Waals surface area (Å²) in [5, 5.41) is 7.30. The molecule has 0 spiro atoms. The highest BCUT2D eigenvalue weighted by atomic mass is 32.2. The van der Waals surface area contributed by atoms with Crippen LogP contribution in [0.15, 0.2) is 6.20 Å². The Hall–Kier alpha value is -1.48. The van der Waals surface area contributed by atoms with Crippen molar-refractivity contribution >= 4 is 15.9 Å². The lowest BCUT2D eigenvalue weighted by atomic mass is 9.89. The number of rotatable bonds is 5. The van der Waals surface area contributed by atoms with Crippen molar-refractivity contribution in [1.82, 2.24) is 19.7 Å². The number of carbonyl (C=O) groups is 1. The molecule has 1 aromatic heterocycles. The molecule has 1 N–H and O–H groups in total. The van der Waals surface area contributed by atoms with Crippen LogP contribution in [0.4, 0.5) is 0 Å². The summed E-state index contributed by atoms with van der Waals surface area (Å²) < 4.78 is 33.9. The number of fused-ring (bicyclic) bond motifs is 2. The van der Waals surface area contributed by atoms with Gasteiger partial charge in [0.25, 0.3) is 5.91 Å². The summed E-state index contributed by atoms with van der Waals surface area (Å²) in [4.78, 5) is 12.3. The van der Waals surface area contributed by atoms with Gasteiger partial charge in [-0.1, -0.05) is 18.6 Å². The number of nitrogens with one attached hydrogen (secondary N) is 1. The molecule has 2 aliphatic carbocycles. The van der Waals surface area contributed by atoms with Gasteiger partial charge in [0, 0.05) is 5.41 Å². The molecule has 1 saturated heterocycles. The van der Waals surface area contributed by atoms with Crippen molar-refractivity contribution in [3.8, 4) is 0 Å². The minimum atomic E-state index is -3.65. The average molecular weight is 354 g/mol. The first-order chi connectivity index (χ1) is 11.3. The summed E-state index contributed by atoms with van der Waals surface area (Å²) in [7, 11) is -3.65. The van der Waals surface area contributed by atoms with E-state index in [0.29, 0.717) is 32.1 Å². The van der Waals surface area contributed by atoms with E-state index < -0.39 is 21.2 Å². The summed E-state index contributed by atoms with van der Waals surface area (Å²) >= 11 is 0. The summed E-state index contributed by atoms with van der Waals surface area (Å²) in [5.41, 5.74) is 0.0296. The molecule has 2 heterocycles. The van der Waals surface area contributed by atoms with Gasteiger partial charge in [-0.3, -0.25) is 9.48 Å². The van der Waals surface area contributed by atoms with Crippen LogP contribution in [0.5, 0.6) is 0 Å². The van der Waals surface area contributed by atoms with Gasteiger partial charge in [0.05, 0.1) is 31.2 Å². The third-order valence-electron chi connectivity index (χ3n) is 5.52. The highest BCUT2D eigenvalue weighted by Crippen LogP contribution is 2.47. The van der Waals surface area contributed by atoms with E-state index in [9.17, 15) is 13.2 Å². The Morgan fingerprint density at radius 1 is 1.42 bits per heavy atom. The Labute approximate surface area is 141 Å². The van der Waals surface area contributed by atoms with Crippen LogP contribution in [0, 0.1) is 17.3 Å². The van der Waals surface area contributed by atoms with Crippen molar-refractivity contribution in [3.05, 3.63) is 11.9 Å². The van der Waals surface area contributed by atoms with Gasteiger partial charge in [-0.15, -0.1) is 5.10 Å². The van der Waals surface area contributed by atoms with Gasteiger partial charge in [-0.05, 0) is 31.1 Å². The molecule has 3 fully saturated rings. The molecule has 1 unspecified atom stereocenters. The fourth-order valence-electron chi connectivity index (χ4n) is 4.24. The lowest BCUT2D eigenvalue weighted by Crippen LogP contribution is -2.43. The molecule has 1 aromatic rings. The number of aromatic nitrogens is 3. The predicted molar refractivity (Wildman–Crippen MR) is 84.6 cm³/mol. The molecule has 1 aliphatic heterocycles. The fraction of sp³-hybridized carbons (Fsp3) is 0.800. The van der Waals surface area contributed by atoms with E-state index in [1.807, 2.05) is 0 Å². The van der Waals surface area contributed by atoms with Crippen molar-refractivity contribution in [3.63, 3.8) is 0 Å². The van der Waals surface area contributed by atoms with Crippen molar-refractivity contribution < 1.29 is 17.9 Å². The van der Waals surface area contributed by atoms with E-state index in [-0.39, 0.29) is 17.0 Å². The normalized spacial score (nSPS) is 31.0. The fourth-order valence-corrected chi connectivity index (χ4v) is 6.03. The molecule has 8 nitrogen and oxygen atoms in total. The zero-order valence-electron chi connectivity index (χ0n) is 13.6. The first-order valence-corrected chi connectivity index (χ1v) is 9.93. The van der Waals surface area contributed by atoms with Gasteiger partial charge in [-0.25, -0.2) is 13.1 Å². The highest BCUT2D eigenvalue weighted by molar-refractivity contribution is 7.90. The Kier molecular flexibility index (Phi) is 3.68. The number of hydrogen-bond acceptors (Lipinski definition) is 6. The second-order valence-corrected chi connectivity index (χ2v) is 9.69. The first kappa shape index (κ1) is 16.0. The third-order valence-corrected chi connectivity index (χ3v) is 7.37. The largest absolute Gasteiger partial charge is 0.380 e. The quantitative estimate of drug-likeness (QED) is 0.829. The standard InChI is InChI=1S/C15H22N4O4S/c1-15(8-23-9-15)7-19-6-12(16-18-19)14(20)17-24(21,22)13-5-10-2-3-11(13)4-10/h6,10-11,13H,2-5,7-9H2,1H3,(H,17,20)/t10-,11+,13?/m1/s1. The molecule has 24 heavy (non-hydrogen) atoms. The maximum absolute atomic E-state index is 12.5. The molecule has 3 atom stereocenters. The van der Waals surface area contributed by atoms with Crippen molar-refractivity contribution in [2.45, 2.75) is 44.4 Å². The zero-order chi connectivity index (χ0) is 16.9. The molecule has 9 heteroatoms. The van der Waals surface area contributed by atoms with Crippen LogP contribution < -0.4 is 4.72 Å². The molecule has 0 aromatic carbocycles. The van der Waals surface area contributed by atoms with Crippen LogP contribution in [0.3, 0.4) is 0 Å². The predicted octanol–water partition coefficient (Wildman–Crippen LogP) is 0.563. The molecular weight excluding hydrogens is 332 g/mol. The third kappa shape index (κ3) is 2.83. The molecule has 3 aliphatic rings. The lowest BCUT2D eigenvalue weighted by molar-refractivity contribution is -0.111. The van der Waals surface area contributed by atoms with Crippen molar-refractivity contribution in [2.24, 2.45) is 17.3 Å². The number of hydrogen-bond donors (Lipinski definition) is 1. The summed E-state index contributed by atoms with van der Waals surface area (Å²) in [6.07, 6.45) is 5.19. The van der Waals surface area contributed by atoms with Crippen LogP contribution >= 0.6 is 0 Å². The van der Waals surface area contributed by atoms with Crippen LogP contribution in [0.2, 0.25) is 0 Å². The van der Waals surface area contributed by atoms with Gasteiger partial charge < -0.3 is 4.74 Å². The van der Waals surface area contributed by atoms with Crippen molar-refractivity contribution in [2.75, 3.05) is 13.2 Å². The monoisotopic (exact) mass is 354 g/mol. The zero-order valence-corrected chi connectivity index (χ0v) is 14.5. The van der Waals surface area contributed by atoms with Crippen LogP contribution in [0.25, 0.3) is 0 Å². The van der Waals surface area contributed by atoms with E-state index in [1.54, 1.807) is 4.68 Å². The number of carbonyl (C=O) groups excluding carboxylic acids is 1. The summed E-state index contributed by atoms with van der Waals surface area (Å²) in [5.74, 6) is -0.00780. The Morgan fingerprint density at radius 2 is 2.21 bits per heavy atom.